The summed E-state index contributed by atoms with van der Waals surface area (Å²) in [6.45, 7) is 9.91. The van der Waals surface area contributed by atoms with Crippen LogP contribution in [-0.4, -0.2) is 70.6 Å². The van der Waals surface area contributed by atoms with Gasteiger partial charge in [0.15, 0.2) is 17.3 Å². The van der Waals surface area contributed by atoms with E-state index in [-0.39, 0.29) is 18.0 Å². The molecule has 0 aliphatic carbocycles. The predicted molar refractivity (Wildman–Crippen MR) is 143 cm³/mol. The minimum absolute atomic E-state index is 0.0610. The van der Waals surface area contributed by atoms with E-state index < -0.39 is 0 Å². The van der Waals surface area contributed by atoms with Crippen molar-refractivity contribution < 1.29 is 4.79 Å². The summed E-state index contributed by atoms with van der Waals surface area (Å²) >= 11 is 0. The van der Waals surface area contributed by atoms with Crippen LogP contribution in [0.4, 0.5) is 23.0 Å². The number of anilines is 4. The van der Waals surface area contributed by atoms with Crippen LogP contribution < -0.4 is 27.0 Å². The lowest BCUT2D eigenvalue weighted by atomic mass is 10.0. The number of nitrogen functional groups attached to an aromatic ring is 1. The fraction of sp³-hybridized carbons (Fsp3) is 0.480. The first-order chi connectivity index (χ1) is 16.9. The van der Waals surface area contributed by atoms with E-state index in [9.17, 15) is 4.79 Å². The average molecular weight is 480 g/mol. The topological polar surface area (TPSA) is 141 Å². The molecule has 188 valence electrons. The highest BCUT2D eigenvalue weighted by Gasteiger charge is 2.24. The molecule has 0 bridgehead atoms. The molecule has 3 aromatic rings. The van der Waals surface area contributed by atoms with Crippen molar-refractivity contribution in [3.05, 3.63) is 36.0 Å². The molecule has 1 atom stereocenters. The highest BCUT2D eigenvalue weighted by Crippen LogP contribution is 2.30. The number of fused-ring (bicyclic) bond motifs is 1. The van der Waals surface area contributed by atoms with Gasteiger partial charge in [-0.15, -0.1) is 0 Å². The summed E-state index contributed by atoms with van der Waals surface area (Å²) in [6.07, 6.45) is 3.49. The minimum atomic E-state index is 0.0610. The van der Waals surface area contributed by atoms with Crippen LogP contribution in [0.2, 0.25) is 0 Å². The number of carbonyl (C=O) groups is 1. The van der Waals surface area contributed by atoms with E-state index in [1.807, 2.05) is 29.2 Å². The molecule has 0 radical (unpaired) electrons. The van der Waals surface area contributed by atoms with Gasteiger partial charge in [0, 0.05) is 56.6 Å². The number of amides is 1. The van der Waals surface area contributed by atoms with Gasteiger partial charge in [-0.05, 0) is 57.9 Å². The highest BCUT2D eigenvalue weighted by atomic mass is 16.2. The van der Waals surface area contributed by atoms with Crippen LogP contribution in [0.15, 0.2) is 30.5 Å². The van der Waals surface area contributed by atoms with Crippen LogP contribution in [0.5, 0.6) is 0 Å². The molecule has 7 N–H and O–H groups in total. The lowest BCUT2D eigenvalue weighted by molar-refractivity contribution is 0.0715. The zero-order valence-electron chi connectivity index (χ0n) is 20.8. The molecule has 0 saturated carbocycles. The monoisotopic (exact) mass is 479 g/mol. The molecular formula is C25H37N9O. The third-order valence-electron chi connectivity index (χ3n) is 6.60. The predicted octanol–water partition coefficient (Wildman–Crippen LogP) is 2.86. The van der Waals surface area contributed by atoms with Crippen molar-refractivity contribution in [3.63, 3.8) is 0 Å². The van der Waals surface area contributed by atoms with Crippen LogP contribution in [0, 0.1) is 0 Å². The van der Waals surface area contributed by atoms with Crippen molar-refractivity contribution in [1.29, 1.82) is 0 Å². The number of H-pyrrole nitrogens is 1. The van der Waals surface area contributed by atoms with Gasteiger partial charge in [-0.2, -0.15) is 0 Å². The largest absolute Gasteiger partial charge is 0.384 e. The van der Waals surface area contributed by atoms with Crippen LogP contribution in [0.25, 0.3) is 11.2 Å². The second-order valence-corrected chi connectivity index (χ2v) is 9.08. The normalized spacial score (nSPS) is 15.3. The standard InChI is InChI=1S/C25H37N9O/c1-4-28-19-7-6-17(25(35)33-12-9-18(26)10-13-33)14-21(19)34(5-2)16(3)15-30-24-22(27)32-23-20(31-24)8-11-29-23/h6-8,11,14,16,18,28H,4-5,9-10,12-13,15,26H2,1-3H3,(H,30,31)(H3,27,29,32). The molecule has 1 amide bonds. The molecule has 10 heteroatoms. The number of carbonyl (C=O) groups excluding carboxylic acids is 1. The van der Waals surface area contributed by atoms with Crippen molar-refractivity contribution in [3.8, 4) is 0 Å². The first-order valence-electron chi connectivity index (χ1n) is 12.4. The summed E-state index contributed by atoms with van der Waals surface area (Å²) in [5.41, 5.74) is 16.3. The Morgan fingerprint density at radius 1 is 1.23 bits per heavy atom. The average Bonchev–Trinajstić information content (AvgIpc) is 3.31. The van der Waals surface area contributed by atoms with Gasteiger partial charge < -0.3 is 36.9 Å². The first kappa shape index (κ1) is 24.6. The van der Waals surface area contributed by atoms with E-state index in [4.69, 9.17) is 11.5 Å². The van der Waals surface area contributed by atoms with E-state index in [1.54, 1.807) is 6.20 Å². The van der Waals surface area contributed by atoms with Crippen LogP contribution >= 0.6 is 0 Å². The van der Waals surface area contributed by atoms with E-state index in [0.717, 1.165) is 42.8 Å². The second-order valence-electron chi connectivity index (χ2n) is 9.08. The zero-order chi connectivity index (χ0) is 24.9. The molecule has 35 heavy (non-hydrogen) atoms. The van der Waals surface area contributed by atoms with Gasteiger partial charge in [0.1, 0.15) is 5.52 Å². The molecule has 4 rings (SSSR count). The number of aromatic amines is 1. The Hall–Kier alpha value is -3.53. The molecule has 1 fully saturated rings. The lowest BCUT2D eigenvalue weighted by Gasteiger charge is -2.34. The second kappa shape index (κ2) is 10.8. The number of benzene rings is 1. The van der Waals surface area contributed by atoms with Crippen molar-refractivity contribution in [2.45, 2.75) is 45.7 Å². The number of aromatic nitrogens is 3. The molecule has 10 nitrogen and oxygen atoms in total. The van der Waals surface area contributed by atoms with Gasteiger partial charge in [-0.1, -0.05) is 0 Å². The van der Waals surface area contributed by atoms with Gasteiger partial charge in [-0.3, -0.25) is 4.79 Å². The van der Waals surface area contributed by atoms with Gasteiger partial charge >= 0.3 is 0 Å². The number of nitrogens with one attached hydrogen (secondary N) is 3. The number of hydrogen-bond donors (Lipinski definition) is 5. The van der Waals surface area contributed by atoms with Crippen LogP contribution in [-0.2, 0) is 0 Å². The number of nitrogens with zero attached hydrogens (tertiary/aromatic N) is 4. The smallest absolute Gasteiger partial charge is 0.253 e. The first-order valence-corrected chi connectivity index (χ1v) is 12.4. The molecule has 1 unspecified atom stereocenters. The number of likely N-dealkylation sites (tertiary alicyclic amines) is 1. The van der Waals surface area contributed by atoms with E-state index in [0.29, 0.717) is 42.5 Å². The fourth-order valence-corrected chi connectivity index (χ4v) is 4.61. The lowest BCUT2D eigenvalue weighted by Crippen LogP contribution is -2.43. The van der Waals surface area contributed by atoms with Gasteiger partial charge in [-0.25, -0.2) is 9.97 Å². The zero-order valence-corrected chi connectivity index (χ0v) is 20.8. The van der Waals surface area contributed by atoms with E-state index in [1.165, 1.54) is 0 Å². The third-order valence-corrected chi connectivity index (χ3v) is 6.60. The summed E-state index contributed by atoms with van der Waals surface area (Å²) in [4.78, 5) is 29.4. The minimum Gasteiger partial charge on any atom is -0.384 e. The Morgan fingerprint density at radius 3 is 2.71 bits per heavy atom. The molecule has 2 aromatic heterocycles. The summed E-state index contributed by atoms with van der Waals surface area (Å²) < 4.78 is 0. The number of rotatable bonds is 9. The summed E-state index contributed by atoms with van der Waals surface area (Å²) in [7, 11) is 0. The molecule has 1 aliphatic heterocycles. The Labute approximate surface area is 206 Å². The Balaban J connectivity index is 1.54. The molecule has 0 spiro atoms. The van der Waals surface area contributed by atoms with Crippen molar-refractivity contribution >= 4 is 40.1 Å². The summed E-state index contributed by atoms with van der Waals surface area (Å²) in [5.74, 6) is 0.988. The number of piperidine rings is 1. The fourth-order valence-electron chi connectivity index (χ4n) is 4.61. The Bertz CT molecular complexity index is 1150. The Morgan fingerprint density at radius 2 is 2.00 bits per heavy atom. The summed E-state index contributed by atoms with van der Waals surface area (Å²) in [5, 5.41) is 6.81. The van der Waals surface area contributed by atoms with Gasteiger partial charge in [0.05, 0.1) is 11.4 Å². The van der Waals surface area contributed by atoms with E-state index >= 15 is 0 Å². The summed E-state index contributed by atoms with van der Waals surface area (Å²) in [6, 6.07) is 8.08. The molecular weight excluding hydrogens is 442 g/mol. The molecule has 1 saturated heterocycles. The number of nitrogens with two attached hydrogens (primary N) is 2. The van der Waals surface area contributed by atoms with Crippen molar-refractivity contribution in [2.75, 3.05) is 54.0 Å². The van der Waals surface area contributed by atoms with Crippen LogP contribution in [0.1, 0.15) is 44.0 Å². The maximum Gasteiger partial charge on any atom is 0.253 e. The Kier molecular flexibility index (Phi) is 7.60. The van der Waals surface area contributed by atoms with Gasteiger partial charge in [0.25, 0.3) is 5.91 Å². The number of hydrogen-bond acceptors (Lipinski definition) is 8. The third kappa shape index (κ3) is 5.43. The molecule has 1 aliphatic rings. The van der Waals surface area contributed by atoms with Gasteiger partial charge in [0.2, 0.25) is 0 Å². The molecule has 3 heterocycles. The maximum atomic E-state index is 13.2. The maximum absolute atomic E-state index is 13.2. The van der Waals surface area contributed by atoms with Crippen molar-refractivity contribution in [2.24, 2.45) is 5.73 Å². The molecule has 1 aromatic carbocycles. The van der Waals surface area contributed by atoms with Crippen LogP contribution in [0.3, 0.4) is 0 Å². The quantitative estimate of drug-likeness (QED) is 0.315. The highest BCUT2D eigenvalue weighted by molar-refractivity contribution is 5.96. The number of likely N-dealkylation sites (N-methyl/N-ethyl adjacent to an activating group) is 1. The van der Waals surface area contributed by atoms with E-state index in [2.05, 4.69) is 51.3 Å². The van der Waals surface area contributed by atoms with Crippen molar-refractivity contribution in [1.82, 2.24) is 19.9 Å². The SMILES string of the molecule is CCNc1ccc(C(=O)N2CCC(N)CC2)cc1N(CC)C(C)CNc1nc2cc[nH]c2nc1N.